The second kappa shape index (κ2) is 11.5. The number of fused-ring (bicyclic) bond motifs is 1. The van der Waals surface area contributed by atoms with Gasteiger partial charge in [0.05, 0.1) is 40.3 Å². The lowest BCUT2D eigenvalue weighted by molar-refractivity contribution is -0.136. The Kier molecular flexibility index (Phi) is 8.42. The average Bonchev–Trinajstić information content (AvgIpc) is 2.88. The van der Waals surface area contributed by atoms with E-state index >= 15 is 0 Å². The van der Waals surface area contributed by atoms with Gasteiger partial charge in [-0.2, -0.15) is 21.6 Å². The van der Waals surface area contributed by atoms with E-state index < -0.39 is 37.5 Å². The zero-order valence-corrected chi connectivity index (χ0v) is 22.5. The summed E-state index contributed by atoms with van der Waals surface area (Å²) in [6, 6.07) is 12.6. The molecule has 0 amide bonds. The smallest absolute Gasteiger partial charge is 0.418 e. The van der Waals surface area contributed by atoms with Crippen LogP contribution >= 0.6 is 0 Å². The fourth-order valence-corrected chi connectivity index (χ4v) is 5.69. The van der Waals surface area contributed by atoms with Crippen LogP contribution in [-0.4, -0.2) is 45.4 Å². The van der Waals surface area contributed by atoms with Crippen molar-refractivity contribution in [2.45, 2.75) is 23.9 Å². The first-order chi connectivity index (χ1) is 18.7. The first kappa shape index (κ1) is 29.4. The highest BCUT2D eigenvalue weighted by molar-refractivity contribution is 7.91. The Balaban J connectivity index is 1.57. The topological polar surface area (TPSA) is 113 Å². The lowest BCUT2D eigenvalue weighted by Crippen LogP contribution is -2.09. The van der Waals surface area contributed by atoms with Crippen molar-refractivity contribution in [3.05, 3.63) is 78.4 Å². The molecular formula is C26H22F4N2O6S2. The number of ether oxygens (including phenoxy) is 1. The molecule has 0 aliphatic heterocycles. The number of unbranched alkanes of at least 4 members (excludes halogenated alkanes) is 1. The van der Waals surface area contributed by atoms with E-state index in [1.165, 1.54) is 48.5 Å². The van der Waals surface area contributed by atoms with Gasteiger partial charge in [0.2, 0.25) is 0 Å². The van der Waals surface area contributed by atoms with Crippen LogP contribution in [-0.2, 0) is 30.3 Å². The maximum absolute atomic E-state index is 14.9. The van der Waals surface area contributed by atoms with Crippen molar-refractivity contribution in [3.63, 3.8) is 0 Å². The molecule has 8 nitrogen and oxygen atoms in total. The Bertz CT molecular complexity index is 1760. The van der Waals surface area contributed by atoms with E-state index in [1.807, 2.05) is 0 Å². The lowest BCUT2D eigenvalue weighted by atomic mass is 10.0. The summed E-state index contributed by atoms with van der Waals surface area (Å²) in [4.78, 5) is 7.72. The van der Waals surface area contributed by atoms with Gasteiger partial charge in [-0.05, 0) is 55.3 Å². The monoisotopic (exact) mass is 598 g/mol. The summed E-state index contributed by atoms with van der Waals surface area (Å²) in [5.74, 6) is -0.820. The van der Waals surface area contributed by atoms with Crippen molar-refractivity contribution in [1.82, 2.24) is 9.97 Å². The number of hydrogen-bond donors (Lipinski definition) is 0. The number of rotatable bonds is 10. The van der Waals surface area contributed by atoms with Gasteiger partial charge in [0, 0.05) is 10.9 Å². The van der Waals surface area contributed by atoms with Gasteiger partial charge in [0.25, 0.3) is 10.1 Å². The average molecular weight is 599 g/mol. The molecular weight excluding hydrogens is 576 g/mol. The summed E-state index contributed by atoms with van der Waals surface area (Å²) in [7, 11) is -7.35. The van der Waals surface area contributed by atoms with E-state index in [0.29, 0.717) is 0 Å². The number of alkyl halides is 3. The standard InChI is InChI=1S/C26H22F4N2O6S2/c1-39(33,34)37-12-2-3-13-40(35,36)19-7-4-6-17(14-19)38-18-10-11-23(27)21(15-18)24-20-8-5-9-22(26(28,29)30)25(20)32-16-31-24/h4-11,14-16H,2-3,12-13H2,1H3. The van der Waals surface area contributed by atoms with Crippen molar-refractivity contribution < 1.29 is 43.3 Å². The van der Waals surface area contributed by atoms with Gasteiger partial charge in [0.15, 0.2) is 9.84 Å². The number of para-hydroxylation sites is 1. The van der Waals surface area contributed by atoms with Crippen LogP contribution in [0.2, 0.25) is 0 Å². The normalized spacial score (nSPS) is 12.5. The molecule has 40 heavy (non-hydrogen) atoms. The first-order valence-corrected chi connectivity index (χ1v) is 15.2. The van der Waals surface area contributed by atoms with Crippen LogP contribution in [0.1, 0.15) is 18.4 Å². The van der Waals surface area contributed by atoms with E-state index in [4.69, 9.17) is 4.74 Å². The largest absolute Gasteiger partial charge is 0.457 e. The van der Waals surface area contributed by atoms with Crippen LogP contribution in [0.25, 0.3) is 22.2 Å². The summed E-state index contributed by atoms with van der Waals surface area (Å²) >= 11 is 0. The molecule has 0 aliphatic rings. The second-order valence-electron chi connectivity index (χ2n) is 8.69. The van der Waals surface area contributed by atoms with Gasteiger partial charge in [-0.15, -0.1) is 0 Å². The van der Waals surface area contributed by atoms with E-state index in [9.17, 15) is 34.4 Å². The van der Waals surface area contributed by atoms with Crippen LogP contribution in [0.5, 0.6) is 11.5 Å². The van der Waals surface area contributed by atoms with E-state index in [1.54, 1.807) is 0 Å². The minimum atomic E-state index is -4.68. The van der Waals surface area contributed by atoms with Crippen molar-refractivity contribution >= 4 is 30.9 Å². The second-order valence-corrected chi connectivity index (χ2v) is 12.4. The fourth-order valence-electron chi connectivity index (χ4n) is 3.87. The molecule has 0 unspecified atom stereocenters. The molecule has 0 saturated heterocycles. The zero-order chi connectivity index (χ0) is 29.1. The number of benzene rings is 3. The molecule has 3 aromatic carbocycles. The van der Waals surface area contributed by atoms with Crippen molar-refractivity contribution in [1.29, 1.82) is 0 Å². The van der Waals surface area contributed by atoms with Crippen LogP contribution in [0.4, 0.5) is 17.6 Å². The summed E-state index contributed by atoms with van der Waals surface area (Å²) in [5, 5.41) is -0.0107. The van der Waals surface area contributed by atoms with Crippen molar-refractivity contribution in [2.75, 3.05) is 18.6 Å². The predicted molar refractivity (Wildman–Crippen MR) is 139 cm³/mol. The van der Waals surface area contributed by atoms with Crippen LogP contribution in [0.15, 0.2) is 71.9 Å². The molecule has 0 radical (unpaired) electrons. The first-order valence-electron chi connectivity index (χ1n) is 11.7. The minimum absolute atomic E-state index is 0.0107. The molecule has 0 spiro atoms. The summed E-state index contributed by atoms with van der Waals surface area (Å²) in [6.45, 7) is -0.135. The van der Waals surface area contributed by atoms with Gasteiger partial charge >= 0.3 is 6.18 Å². The summed E-state index contributed by atoms with van der Waals surface area (Å²) < 4.78 is 113. The molecule has 4 aromatic rings. The van der Waals surface area contributed by atoms with Crippen molar-refractivity contribution in [2.24, 2.45) is 0 Å². The molecule has 0 atom stereocenters. The minimum Gasteiger partial charge on any atom is -0.457 e. The Morgan fingerprint density at radius 1 is 0.875 bits per heavy atom. The van der Waals surface area contributed by atoms with Gasteiger partial charge in [0.1, 0.15) is 23.6 Å². The molecule has 1 aromatic heterocycles. The fraction of sp³-hybridized carbons (Fsp3) is 0.231. The van der Waals surface area contributed by atoms with Gasteiger partial charge in [-0.25, -0.2) is 22.8 Å². The van der Waals surface area contributed by atoms with Crippen LogP contribution in [0, 0.1) is 5.82 Å². The van der Waals surface area contributed by atoms with Crippen LogP contribution in [0.3, 0.4) is 0 Å². The van der Waals surface area contributed by atoms with Gasteiger partial charge in [-0.1, -0.05) is 18.2 Å². The van der Waals surface area contributed by atoms with E-state index in [0.717, 1.165) is 24.7 Å². The maximum atomic E-state index is 14.9. The van der Waals surface area contributed by atoms with Crippen LogP contribution < -0.4 is 4.74 Å². The quantitative estimate of drug-likeness (QED) is 0.128. The molecule has 0 N–H and O–H groups in total. The van der Waals surface area contributed by atoms with Crippen molar-refractivity contribution in [3.8, 4) is 22.8 Å². The van der Waals surface area contributed by atoms with E-state index in [2.05, 4.69) is 14.2 Å². The SMILES string of the molecule is CS(=O)(=O)OCCCCS(=O)(=O)c1cccc(Oc2ccc(F)c(-c3ncnc4c(C(F)(F)F)cccc34)c2)c1. The summed E-state index contributed by atoms with van der Waals surface area (Å²) in [6.07, 6.45) is -2.49. The van der Waals surface area contributed by atoms with Gasteiger partial charge in [-0.3, -0.25) is 4.18 Å². The Morgan fingerprint density at radius 3 is 2.33 bits per heavy atom. The third-order valence-corrected chi connectivity index (χ3v) is 8.06. The molecule has 0 bridgehead atoms. The maximum Gasteiger partial charge on any atom is 0.418 e. The highest BCUT2D eigenvalue weighted by Gasteiger charge is 2.33. The van der Waals surface area contributed by atoms with E-state index in [-0.39, 0.29) is 63.8 Å². The molecule has 14 heteroatoms. The molecule has 1 heterocycles. The Morgan fingerprint density at radius 2 is 1.60 bits per heavy atom. The highest BCUT2D eigenvalue weighted by atomic mass is 32.2. The molecule has 0 fully saturated rings. The Labute approximate surface area is 227 Å². The molecule has 212 valence electrons. The number of nitrogens with zero attached hydrogens (tertiary/aromatic N) is 2. The molecule has 4 rings (SSSR count). The zero-order valence-electron chi connectivity index (χ0n) is 20.9. The molecule has 0 aliphatic carbocycles. The Hall–Kier alpha value is -3.62. The number of aromatic nitrogens is 2. The number of hydrogen-bond acceptors (Lipinski definition) is 8. The third-order valence-electron chi connectivity index (χ3n) is 5.67. The molecule has 0 saturated carbocycles. The van der Waals surface area contributed by atoms with Gasteiger partial charge < -0.3 is 4.74 Å². The summed E-state index contributed by atoms with van der Waals surface area (Å²) in [5.41, 5.74) is -1.58. The number of halogens is 4. The predicted octanol–water partition coefficient (Wildman–Crippen LogP) is 5.78. The number of sulfone groups is 1. The highest BCUT2D eigenvalue weighted by Crippen LogP contribution is 2.38. The third kappa shape index (κ3) is 7.11. The lowest BCUT2D eigenvalue weighted by Gasteiger charge is -2.13.